The van der Waals surface area contributed by atoms with Crippen LogP contribution in [0.4, 0.5) is 16.2 Å². The van der Waals surface area contributed by atoms with Gasteiger partial charge in [-0.1, -0.05) is 0 Å². The topological polar surface area (TPSA) is 157 Å². The van der Waals surface area contributed by atoms with Crippen molar-refractivity contribution in [1.82, 2.24) is 15.2 Å². The number of rotatable bonds is 8. The van der Waals surface area contributed by atoms with Crippen LogP contribution >= 0.6 is 0 Å². The highest BCUT2D eigenvalue weighted by molar-refractivity contribution is 6.14. The van der Waals surface area contributed by atoms with Gasteiger partial charge in [-0.15, -0.1) is 0 Å². The third-order valence-electron chi connectivity index (χ3n) is 5.28. The number of nitrogens with one attached hydrogen (secondary N) is 1. The number of ether oxygens (including phenoxy) is 2. The summed E-state index contributed by atoms with van der Waals surface area (Å²) in [6, 6.07) is 9.99. The second kappa shape index (κ2) is 10.2. The van der Waals surface area contributed by atoms with Crippen LogP contribution in [0.2, 0.25) is 0 Å². The van der Waals surface area contributed by atoms with Crippen LogP contribution in [0.15, 0.2) is 58.8 Å². The van der Waals surface area contributed by atoms with E-state index in [9.17, 15) is 24.5 Å². The first kappa shape index (κ1) is 24.9. The second-order valence-electron chi connectivity index (χ2n) is 7.97. The average Bonchev–Trinajstić information content (AvgIpc) is 3.45. The van der Waals surface area contributed by atoms with Crippen molar-refractivity contribution in [2.45, 2.75) is 6.54 Å². The fourth-order valence-electron chi connectivity index (χ4n) is 3.36. The molecule has 1 saturated heterocycles. The molecule has 3 heterocycles. The number of carbonyl (C=O) groups is 3. The predicted molar refractivity (Wildman–Crippen MR) is 129 cm³/mol. The number of carbonyl (C=O) groups excluding carboxylic acids is 3. The molecule has 0 radical (unpaired) electrons. The monoisotopic (exact) mass is 507 g/mol. The maximum Gasteiger partial charge on any atom is 0.373 e. The van der Waals surface area contributed by atoms with Crippen LogP contribution in [-0.4, -0.2) is 53.9 Å². The molecule has 1 N–H and O–H groups in total. The van der Waals surface area contributed by atoms with Crippen molar-refractivity contribution < 1.29 is 33.2 Å². The van der Waals surface area contributed by atoms with Gasteiger partial charge in [0, 0.05) is 43.5 Å². The third-order valence-corrected chi connectivity index (χ3v) is 5.28. The summed E-state index contributed by atoms with van der Waals surface area (Å²) < 4.78 is 15.8. The smallest absolute Gasteiger partial charge is 0.373 e. The minimum Gasteiger partial charge on any atom is -0.463 e. The Bertz CT molecular complexity index is 1410. The highest BCUT2D eigenvalue weighted by Gasteiger charge is 2.34. The lowest BCUT2D eigenvalue weighted by Gasteiger charge is -2.16. The van der Waals surface area contributed by atoms with Gasteiger partial charge in [0.25, 0.3) is 11.6 Å². The van der Waals surface area contributed by atoms with E-state index in [1.807, 2.05) is 19.0 Å². The predicted octanol–water partition coefficient (Wildman–Crippen LogP) is 3.32. The normalized spacial score (nSPS) is 14.0. The number of hydrogen-bond acceptors (Lipinski definition) is 10. The molecule has 37 heavy (non-hydrogen) atoms. The van der Waals surface area contributed by atoms with Gasteiger partial charge < -0.3 is 24.1 Å². The Balaban J connectivity index is 1.60. The molecule has 2 aromatic heterocycles. The number of benzene rings is 1. The Morgan fingerprint density at radius 1 is 1.22 bits per heavy atom. The number of methoxy groups -OCH3 is 1. The number of nitrogens with zero attached hydrogens (tertiary/aromatic N) is 4. The van der Waals surface area contributed by atoms with Crippen molar-refractivity contribution in [2.24, 2.45) is 0 Å². The van der Waals surface area contributed by atoms with Crippen molar-refractivity contribution in [1.29, 1.82) is 0 Å². The van der Waals surface area contributed by atoms with Crippen molar-refractivity contribution >= 4 is 35.4 Å². The fourth-order valence-corrected chi connectivity index (χ4v) is 3.36. The molecule has 0 atom stereocenters. The van der Waals surface area contributed by atoms with Crippen molar-refractivity contribution in [2.75, 3.05) is 26.1 Å². The van der Waals surface area contributed by atoms with Crippen molar-refractivity contribution in [3.63, 3.8) is 0 Å². The number of imide groups is 1. The lowest BCUT2D eigenvalue weighted by Crippen LogP contribution is -2.30. The average molecular weight is 507 g/mol. The number of esters is 1. The summed E-state index contributed by atoms with van der Waals surface area (Å²) in [6.07, 6.45) is 2.52. The molecule has 190 valence electrons. The highest BCUT2D eigenvalue weighted by Crippen LogP contribution is 2.31. The molecular formula is C24H21N5O8. The van der Waals surface area contributed by atoms with E-state index in [1.165, 1.54) is 37.5 Å². The lowest BCUT2D eigenvalue weighted by molar-refractivity contribution is -0.385. The minimum absolute atomic E-state index is 0.0103. The zero-order valence-electron chi connectivity index (χ0n) is 20.0. The van der Waals surface area contributed by atoms with Crippen LogP contribution in [0.5, 0.6) is 11.6 Å². The Labute approximate surface area is 210 Å². The van der Waals surface area contributed by atoms with Gasteiger partial charge in [0.15, 0.2) is 0 Å². The zero-order valence-corrected chi connectivity index (χ0v) is 20.0. The van der Waals surface area contributed by atoms with Crippen LogP contribution in [0, 0.1) is 10.1 Å². The number of hydrogen-bond donors (Lipinski definition) is 1. The standard InChI is InChI=1S/C24H21N5O8/c1-27(2)15-5-4-14(20(11-15)37-21-9-6-16(12-25-21)29(33)34)10-18-22(30)28(24(32)26-18)13-17-7-8-19(36-17)23(31)35-3/h4-12H,13H2,1-3H3,(H,26,32)/b18-10-. The largest absolute Gasteiger partial charge is 0.463 e. The molecule has 1 aliphatic rings. The van der Waals surface area contributed by atoms with Gasteiger partial charge in [-0.2, -0.15) is 0 Å². The van der Waals surface area contributed by atoms with Gasteiger partial charge in [-0.3, -0.25) is 19.8 Å². The number of urea groups is 1. The quantitative estimate of drug-likeness (QED) is 0.158. The van der Waals surface area contributed by atoms with Crippen LogP contribution in [0.25, 0.3) is 6.08 Å². The summed E-state index contributed by atoms with van der Waals surface area (Å²) in [6.45, 7) is -0.200. The summed E-state index contributed by atoms with van der Waals surface area (Å²) in [7, 11) is 4.88. The first-order valence-corrected chi connectivity index (χ1v) is 10.8. The Morgan fingerprint density at radius 2 is 2.00 bits per heavy atom. The number of amides is 3. The van der Waals surface area contributed by atoms with E-state index < -0.39 is 22.8 Å². The summed E-state index contributed by atoms with van der Waals surface area (Å²) >= 11 is 0. The summed E-state index contributed by atoms with van der Waals surface area (Å²) in [4.78, 5) is 54.1. The number of nitro groups is 1. The Morgan fingerprint density at radius 3 is 2.65 bits per heavy atom. The molecule has 13 heteroatoms. The SMILES string of the molecule is COC(=O)c1ccc(CN2C(=O)N/C(=C\c3ccc(N(C)C)cc3Oc3ccc([N+](=O)[O-])cn3)C2=O)o1. The highest BCUT2D eigenvalue weighted by atomic mass is 16.6. The Hall–Kier alpha value is -5.20. The van der Waals surface area contributed by atoms with E-state index in [-0.39, 0.29) is 35.3 Å². The molecule has 1 aliphatic heterocycles. The lowest BCUT2D eigenvalue weighted by atomic mass is 10.1. The number of anilines is 1. The summed E-state index contributed by atoms with van der Waals surface area (Å²) in [5, 5.41) is 13.4. The fraction of sp³-hybridized carbons (Fsp3) is 0.167. The van der Waals surface area contributed by atoms with E-state index in [0.717, 1.165) is 16.8 Å². The second-order valence-corrected chi connectivity index (χ2v) is 7.97. The van der Waals surface area contributed by atoms with Crippen LogP contribution in [0.1, 0.15) is 21.9 Å². The van der Waals surface area contributed by atoms with E-state index in [1.54, 1.807) is 18.2 Å². The molecule has 0 bridgehead atoms. The van der Waals surface area contributed by atoms with E-state index >= 15 is 0 Å². The molecule has 0 unspecified atom stereocenters. The summed E-state index contributed by atoms with van der Waals surface area (Å²) in [5.41, 5.74) is 1.03. The van der Waals surface area contributed by atoms with Crippen LogP contribution < -0.4 is 15.0 Å². The molecule has 1 fully saturated rings. The van der Waals surface area contributed by atoms with E-state index in [4.69, 9.17) is 9.15 Å². The van der Waals surface area contributed by atoms with Gasteiger partial charge in [0.05, 0.1) is 18.6 Å². The van der Waals surface area contributed by atoms with Gasteiger partial charge in [0.1, 0.15) is 23.4 Å². The van der Waals surface area contributed by atoms with Crippen LogP contribution in [0.3, 0.4) is 0 Å². The molecule has 1 aromatic carbocycles. The molecule has 3 amide bonds. The molecule has 0 spiro atoms. The van der Waals surface area contributed by atoms with E-state index in [0.29, 0.717) is 11.3 Å². The minimum atomic E-state index is -0.680. The molecule has 4 rings (SSSR count). The molecular weight excluding hydrogens is 486 g/mol. The van der Waals surface area contributed by atoms with E-state index in [2.05, 4.69) is 15.0 Å². The maximum atomic E-state index is 13.0. The Kier molecular flexibility index (Phi) is 6.86. The number of aromatic nitrogens is 1. The molecule has 3 aromatic rings. The van der Waals surface area contributed by atoms with Gasteiger partial charge in [-0.25, -0.2) is 14.6 Å². The van der Waals surface area contributed by atoms with Crippen molar-refractivity contribution in [3.8, 4) is 11.6 Å². The molecule has 13 nitrogen and oxygen atoms in total. The first-order valence-electron chi connectivity index (χ1n) is 10.8. The van der Waals surface area contributed by atoms with Crippen LogP contribution in [-0.2, 0) is 16.1 Å². The van der Waals surface area contributed by atoms with Crippen molar-refractivity contribution in [3.05, 3.63) is 81.6 Å². The third kappa shape index (κ3) is 5.40. The van der Waals surface area contributed by atoms with Gasteiger partial charge >= 0.3 is 12.0 Å². The zero-order chi connectivity index (χ0) is 26.7. The number of pyridine rings is 1. The maximum absolute atomic E-state index is 13.0. The molecule has 0 aliphatic carbocycles. The first-order chi connectivity index (χ1) is 17.7. The van der Waals surface area contributed by atoms with Gasteiger partial charge in [0.2, 0.25) is 11.6 Å². The molecule has 0 saturated carbocycles. The van der Waals surface area contributed by atoms with Gasteiger partial charge in [-0.05, 0) is 30.3 Å². The number of furan rings is 1. The summed E-state index contributed by atoms with van der Waals surface area (Å²) in [5.74, 6) is -0.729.